The number of anilines is 3. The maximum absolute atomic E-state index is 6.17. The van der Waals surface area contributed by atoms with Crippen LogP contribution in [0.4, 0.5) is 17.5 Å². The van der Waals surface area contributed by atoms with Gasteiger partial charge in [0, 0.05) is 12.1 Å². The molecule has 3 aromatic rings. The molecule has 0 aliphatic heterocycles. The van der Waals surface area contributed by atoms with Crippen LogP contribution in [-0.4, -0.2) is 17.0 Å². The van der Waals surface area contributed by atoms with Gasteiger partial charge in [0.2, 0.25) is 5.95 Å². The molecule has 7 heteroatoms. The van der Waals surface area contributed by atoms with Crippen LogP contribution in [0.25, 0.3) is 10.2 Å². The largest absolute Gasteiger partial charge is 0.357 e. The predicted octanol–water partition coefficient (Wildman–Crippen LogP) is 4.78. The third kappa shape index (κ3) is 2.52. The van der Waals surface area contributed by atoms with Crippen molar-refractivity contribution in [2.45, 2.75) is 0 Å². The third-order valence-electron chi connectivity index (χ3n) is 2.73. The second-order valence-electron chi connectivity index (χ2n) is 4.03. The van der Waals surface area contributed by atoms with E-state index in [9.17, 15) is 0 Å². The Morgan fingerprint density at radius 3 is 2.80 bits per heavy atom. The van der Waals surface area contributed by atoms with E-state index in [0.717, 1.165) is 10.2 Å². The zero-order chi connectivity index (χ0) is 14.1. The zero-order valence-electron chi connectivity index (χ0n) is 10.4. The number of rotatable bonds is 3. The summed E-state index contributed by atoms with van der Waals surface area (Å²) in [7, 11) is 1.78. The summed E-state index contributed by atoms with van der Waals surface area (Å²) >= 11 is 13.7. The van der Waals surface area contributed by atoms with E-state index < -0.39 is 0 Å². The quantitative estimate of drug-likeness (QED) is 0.727. The number of aromatic nitrogens is 2. The standard InChI is InChI=1S/C13H10Cl2N4S/c1-16-13-18-11(8-4-5-20-12(8)19-13)17-10-6-7(14)2-3-9(10)15/h2-6H,1H3,(H2,16,17,18,19). The van der Waals surface area contributed by atoms with Crippen molar-refractivity contribution in [1.29, 1.82) is 0 Å². The average molecular weight is 325 g/mol. The predicted molar refractivity (Wildman–Crippen MR) is 86.7 cm³/mol. The first kappa shape index (κ1) is 13.4. The minimum absolute atomic E-state index is 0.556. The first-order chi connectivity index (χ1) is 9.67. The van der Waals surface area contributed by atoms with Gasteiger partial charge in [-0.25, -0.2) is 4.98 Å². The smallest absolute Gasteiger partial charge is 0.225 e. The molecule has 2 aromatic heterocycles. The van der Waals surface area contributed by atoms with Crippen molar-refractivity contribution < 1.29 is 0 Å². The number of benzene rings is 1. The molecule has 0 aliphatic rings. The number of fused-ring (bicyclic) bond motifs is 1. The highest BCUT2D eigenvalue weighted by Gasteiger charge is 2.10. The van der Waals surface area contributed by atoms with E-state index in [1.807, 2.05) is 11.4 Å². The molecule has 0 saturated carbocycles. The molecule has 20 heavy (non-hydrogen) atoms. The average Bonchev–Trinajstić information content (AvgIpc) is 2.91. The van der Waals surface area contributed by atoms with E-state index >= 15 is 0 Å². The van der Waals surface area contributed by atoms with Gasteiger partial charge in [-0.15, -0.1) is 11.3 Å². The van der Waals surface area contributed by atoms with Crippen LogP contribution in [0.2, 0.25) is 10.0 Å². The molecule has 0 aliphatic carbocycles. The fourth-order valence-corrected chi connectivity index (χ4v) is 2.88. The maximum atomic E-state index is 6.17. The van der Waals surface area contributed by atoms with Gasteiger partial charge in [0.15, 0.2) is 0 Å². The van der Waals surface area contributed by atoms with Crippen LogP contribution < -0.4 is 10.6 Å². The monoisotopic (exact) mass is 324 g/mol. The van der Waals surface area contributed by atoms with Crippen LogP contribution in [0.15, 0.2) is 29.6 Å². The van der Waals surface area contributed by atoms with Gasteiger partial charge in [-0.2, -0.15) is 4.98 Å². The summed E-state index contributed by atoms with van der Waals surface area (Å²) in [6, 6.07) is 7.23. The first-order valence-corrected chi connectivity index (χ1v) is 7.46. The van der Waals surface area contributed by atoms with E-state index in [0.29, 0.717) is 27.5 Å². The second-order valence-corrected chi connectivity index (χ2v) is 5.77. The number of thiophene rings is 1. The number of hydrogen-bond acceptors (Lipinski definition) is 5. The Morgan fingerprint density at radius 1 is 1.15 bits per heavy atom. The Balaban J connectivity index is 2.09. The Hall–Kier alpha value is -1.56. The number of nitrogens with one attached hydrogen (secondary N) is 2. The van der Waals surface area contributed by atoms with Crippen LogP contribution in [0, 0.1) is 0 Å². The lowest BCUT2D eigenvalue weighted by Crippen LogP contribution is -2.01. The molecule has 4 nitrogen and oxygen atoms in total. The van der Waals surface area contributed by atoms with Crippen molar-refractivity contribution in [1.82, 2.24) is 9.97 Å². The topological polar surface area (TPSA) is 49.8 Å². The van der Waals surface area contributed by atoms with Gasteiger partial charge in [0.1, 0.15) is 10.6 Å². The molecule has 2 N–H and O–H groups in total. The molecule has 0 fully saturated rings. The van der Waals surface area contributed by atoms with Gasteiger partial charge in [0.25, 0.3) is 0 Å². The van der Waals surface area contributed by atoms with Gasteiger partial charge >= 0.3 is 0 Å². The van der Waals surface area contributed by atoms with E-state index in [1.54, 1.807) is 36.6 Å². The maximum Gasteiger partial charge on any atom is 0.225 e. The molecule has 3 rings (SSSR count). The minimum Gasteiger partial charge on any atom is -0.357 e. The normalized spacial score (nSPS) is 10.8. The Bertz CT molecular complexity index is 772. The summed E-state index contributed by atoms with van der Waals surface area (Å²) < 4.78 is 0. The van der Waals surface area contributed by atoms with E-state index in [2.05, 4.69) is 20.6 Å². The molecular formula is C13H10Cl2N4S. The van der Waals surface area contributed by atoms with Crippen molar-refractivity contribution in [3.8, 4) is 0 Å². The summed E-state index contributed by atoms with van der Waals surface area (Å²) in [5.74, 6) is 1.25. The lowest BCUT2D eigenvalue weighted by Gasteiger charge is -2.10. The molecule has 0 spiro atoms. The van der Waals surface area contributed by atoms with Crippen LogP contribution in [0.3, 0.4) is 0 Å². The molecule has 0 bridgehead atoms. The molecule has 0 radical (unpaired) electrons. The Kier molecular flexibility index (Phi) is 3.65. The van der Waals surface area contributed by atoms with Gasteiger partial charge < -0.3 is 10.6 Å². The first-order valence-electron chi connectivity index (χ1n) is 5.82. The van der Waals surface area contributed by atoms with Crippen molar-refractivity contribution >= 4 is 62.2 Å². The van der Waals surface area contributed by atoms with Crippen LogP contribution >= 0.6 is 34.5 Å². The highest BCUT2D eigenvalue weighted by Crippen LogP contribution is 2.32. The SMILES string of the molecule is CNc1nc(Nc2cc(Cl)ccc2Cl)c2ccsc2n1. The summed E-state index contributed by atoms with van der Waals surface area (Å²) in [4.78, 5) is 9.73. The molecular weight excluding hydrogens is 315 g/mol. The van der Waals surface area contributed by atoms with Gasteiger partial charge in [0.05, 0.1) is 16.1 Å². The highest BCUT2D eigenvalue weighted by atomic mass is 35.5. The number of hydrogen-bond donors (Lipinski definition) is 2. The molecule has 0 unspecified atom stereocenters. The van der Waals surface area contributed by atoms with E-state index in [-0.39, 0.29) is 0 Å². The van der Waals surface area contributed by atoms with Crippen molar-refractivity contribution in [3.63, 3.8) is 0 Å². The molecule has 1 aromatic carbocycles. The van der Waals surface area contributed by atoms with Gasteiger partial charge in [-0.1, -0.05) is 23.2 Å². The fourth-order valence-electron chi connectivity index (χ4n) is 1.78. The van der Waals surface area contributed by atoms with Gasteiger partial charge in [-0.05, 0) is 29.6 Å². The van der Waals surface area contributed by atoms with E-state index in [4.69, 9.17) is 23.2 Å². The van der Waals surface area contributed by atoms with Crippen LogP contribution in [-0.2, 0) is 0 Å². The van der Waals surface area contributed by atoms with Crippen LogP contribution in [0.1, 0.15) is 0 Å². The second kappa shape index (κ2) is 5.44. The molecule has 0 saturated heterocycles. The highest BCUT2D eigenvalue weighted by molar-refractivity contribution is 7.16. The lowest BCUT2D eigenvalue weighted by atomic mass is 10.3. The summed E-state index contributed by atoms with van der Waals surface area (Å²) in [5, 5.41) is 10.3. The third-order valence-corrected chi connectivity index (χ3v) is 4.10. The van der Waals surface area contributed by atoms with E-state index in [1.165, 1.54) is 0 Å². The van der Waals surface area contributed by atoms with Crippen molar-refractivity contribution in [2.75, 3.05) is 17.7 Å². The minimum atomic E-state index is 0.556. The molecule has 0 amide bonds. The molecule has 0 atom stereocenters. The molecule has 102 valence electrons. The Labute approximate surface area is 129 Å². The van der Waals surface area contributed by atoms with Crippen molar-refractivity contribution in [3.05, 3.63) is 39.7 Å². The number of nitrogens with zero attached hydrogens (tertiary/aromatic N) is 2. The fraction of sp³-hybridized carbons (Fsp3) is 0.0769. The van der Waals surface area contributed by atoms with Crippen LogP contribution in [0.5, 0.6) is 0 Å². The molecule has 2 heterocycles. The summed E-state index contributed by atoms with van der Waals surface area (Å²) in [6.45, 7) is 0. The zero-order valence-corrected chi connectivity index (χ0v) is 12.8. The van der Waals surface area contributed by atoms with Gasteiger partial charge in [-0.3, -0.25) is 0 Å². The summed E-state index contributed by atoms with van der Waals surface area (Å²) in [6.07, 6.45) is 0. The van der Waals surface area contributed by atoms with Crippen molar-refractivity contribution in [2.24, 2.45) is 0 Å². The lowest BCUT2D eigenvalue weighted by molar-refractivity contribution is 1.20. The number of halogens is 2. The Morgan fingerprint density at radius 2 is 2.00 bits per heavy atom. The summed E-state index contributed by atoms with van der Waals surface area (Å²) in [5.41, 5.74) is 0.715.